The Hall–Kier alpha value is -2.31. The van der Waals surface area contributed by atoms with Gasteiger partial charge >= 0.3 is 0 Å². The van der Waals surface area contributed by atoms with Gasteiger partial charge < -0.3 is 10.0 Å². The first kappa shape index (κ1) is 18.1. The van der Waals surface area contributed by atoms with Gasteiger partial charge in [-0.25, -0.2) is 0 Å². The van der Waals surface area contributed by atoms with Gasteiger partial charge in [-0.05, 0) is 36.5 Å². The Morgan fingerprint density at radius 3 is 2.26 bits per heavy atom. The van der Waals surface area contributed by atoms with Crippen molar-refractivity contribution in [1.29, 1.82) is 0 Å². The van der Waals surface area contributed by atoms with Crippen LogP contribution >= 0.6 is 8.58 Å². The van der Waals surface area contributed by atoms with Crippen LogP contribution in [0.15, 0.2) is 72.8 Å². The number of rotatable bonds is 5. The highest BCUT2D eigenvalue weighted by Gasteiger charge is 2.16. The molecular formula is C24H26NOP. The molecule has 3 heteroatoms. The smallest absolute Gasteiger partial charge is 0.126 e. The molecule has 3 aromatic rings. The molecule has 4 rings (SSSR count). The van der Waals surface area contributed by atoms with Gasteiger partial charge in [-0.15, -0.1) is 0 Å². The van der Waals surface area contributed by atoms with E-state index in [1.54, 1.807) is 0 Å². The van der Waals surface area contributed by atoms with Gasteiger partial charge in [0, 0.05) is 35.8 Å². The van der Waals surface area contributed by atoms with Crippen molar-refractivity contribution in [3.8, 4) is 5.75 Å². The van der Waals surface area contributed by atoms with E-state index in [2.05, 4.69) is 53.4 Å². The third kappa shape index (κ3) is 4.34. The molecule has 0 spiro atoms. The molecule has 138 valence electrons. The maximum atomic E-state index is 10.9. The Balaban J connectivity index is 1.59. The molecule has 1 heterocycles. The number of phenolic OH excluding ortho intramolecular Hbond substituents is 1. The van der Waals surface area contributed by atoms with Crippen LogP contribution in [0.3, 0.4) is 0 Å². The zero-order valence-corrected chi connectivity index (χ0v) is 16.6. The first-order valence-corrected chi connectivity index (χ1v) is 10.8. The molecule has 2 nitrogen and oxygen atoms in total. The van der Waals surface area contributed by atoms with Crippen LogP contribution in [0.1, 0.15) is 30.4 Å². The summed E-state index contributed by atoms with van der Waals surface area (Å²) in [5.74, 6) is 0.452. The number of hydrogen-bond acceptors (Lipinski definition) is 2. The summed E-state index contributed by atoms with van der Waals surface area (Å²) in [4.78, 5) is 2.51. The average molecular weight is 375 g/mol. The second kappa shape index (κ2) is 8.59. The van der Waals surface area contributed by atoms with E-state index in [1.807, 2.05) is 24.3 Å². The molecule has 1 atom stereocenters. The monoisotopic (exact) mass is 375 g/mol. The molecule has 27 heavy (non-hydrogen) atoms. The fourth-order valence-corrected chi connectivity index (χ4v) is 5.08. The maximum Gasteiger partial charge on any atom is 0.126 e. The van der Waals surface area contributed by atoms with E-state index in [4.69, 9.17) is 0 Å². The summed E-state index contributed by atoms with van der Waals surface area (Å²) in [5, 5.41) is 13.3. The van der Waals surface area contributed by atoms with Gasteiger partial charge in [0.1, 0.15) is 5.75 Å². The lowest BCUT2D eigenvalue weighted by Crippen LogP contribution is -2.32. The van der Waals surface area contributed by atoms with Gasteiger partial charge in [-0.2, -0.15) is 0 Å². The number of hydrogen-bond donors (Lipinski definition) is 1. The molecule has 0 amide bonds. The fraction of sp³-hybridized carbons (Fsp3) is 0.250. The molecule has 0 aliphatic carbocycles. The number of piperidine rings is 1. The van der Waals surface area contributed by atoms with E-state index < -0.39 is 0 Å². The molecule has 1 aliphatic heterocycles. The van der Waals surface area contributed by atoms with Crippen molar-refractivity contribution >= 4 is 24.9 Å². The molecular weight excluding hydrogens is 349 g/mol. The molecule has 3 aromatic carbocycles. The predicted molar refractivity (Wildman–Crippen MR) is 117 cm³/mol. The largest absolute Gasteiger partial charge is 0.507 e. The second-order valence-corrected chi connectivity index (χ2v) is 8.49. The summed E-state index contributed by atoms with van der Waals surface area (Å²) in [6, 6.07) is 25.2. The Morgan fingerprint density at radius 2 is 1.44 bits per heavy atom. The van der Waals surface area contributed by atoms with Gasteiger partial charge in [0.15, 0.2) is 0 Å². The van der Waals surface area contributed by atoms with Gasteiger partial charge in [0.25, 0.3) is 0 Å². The highest BCUT2D eigenvalue weighted by Crippen LogP contribution is 2.28. The van der Waals surface area contributed by atoms with Crippen molar-refractivity contribution in [1.82, 2.24) is 0 Å². The second-order valence-electron chi connectivity index (χ2n) is 7.17. The van der Waals surface area contributed by atoms with Crippen LogP contribution in [0, 0.1) is 0 Å². The highest BCUT2D eigenvalue weighted by atomic mass is 31.1. The van der Waals surface area contributed by atoms with E-state index >= 15 is 0 Å². The van der Waals surface area contributed by atoms with Crippen LogP contribution in [0.4, 0.5) is 5.69 Å². The lowest BCUT2D eigenvalue weighted by molar-refractivity contribution is 0.474. The van der Waals surface area contributed by atoms with E-state index in [0.717, 1.165) is 30.4 Å². The molecule has 0 bridgehead atoms. The van der Waals surface area contributed by atoms with Crippen LogP contribution < -0.4 is 15.5 Å². The quantitative estimate of drug-likeness (QED) is 0.659. The lowest BCUT2D eigenvalue weighted by Gasteiger charge is -2.30. The Bertz CT molecular complexity index is 888. The molecule has 0 aromatic heterocycles. The normalized spacial score (nSPS) is 14.7. The topological polar surface area (TPSA) is 23.5 Å². The molecule has 1 N–H and O–H groups in total. The van der Waals surface area contributed by atoms with Crippen LogP contribution in [-0.2, 0) is 6.42 Å². The zero-order valence-electron chi connectivity index (χ0n) is 15.6. The van der Waals surface area contributed by atoms with Gasteiger partial charge in [-0.1, -0.05) is 75.3 Å². The first-order chi connectivity index (χ1) is 13.3. The van der Waals surface area contributed by atoms with E-state index in [9.17, 15) is 5.11 Å². The molecule has 1 saturated heterocycles. The standard InChI is InChI=1S/C24H26NOP/c26-24-20(18-19-10-3-1-4-11-19)12-9-15-23(24)27-22-14-6-5-13-21(22)25-16-7-2-8-17-25/h1,3-6,9-15,26-27H,2,7-8,16-18H2. The molecule has 1 aliphatic rings. The zero-order chi connectivity index (χ0) is 18.5. The molecule has 0 saturated carbocycles. The van der Waals surface area contributed by atoms with Crippen LogP contribution in [0.25, 0.3) is 0 Å². The molecule has 1 fully saturated rings. The lowest BCUT2D eigenvalue weighted by atomic mass is 10.0. The Labute approximate surface area is 163 Å². The minimum atomic E-state index is 0.452. The van der Waals surface area contributed by atoms with Crippen molar-refractivity contribution in [2.45, 2.75) is 25.7 Å². The van der Waals surface area contributed by atoms with Crippen molar-refractivity contribution in [3.63, 3.8) is 0 Å². The predicted octanol–water partition coefficient (Wildman–Crippen LogP) is 4.60. The van der Waals surface area contributed by atoms with E-state index in [1.165, 1.54) is 35.8 Å². The third-order valence-electron chi connectivity index (χ3n) is 5.23. The number of phenols is 1. The van der Waals surface area contributed by atoms with Gasteiger partial charge in [0.2, 0.25) is 0 Å². The molecule has 1 unspecified atom stereocenters. The summed E-state index contributed by atoms with van der Waals surface area (Å²) >= 11 is 0. The van der Waals surface area contributed by atoms with E-state index in [-0.39, 0.29) is 0 Å². The summed E-state index contributed by atoms with van der Waals surface area (Å²) < 4.78 is 0. The van der Waals surface area contributed by atoms with Crippen molar-refractivity contribution in [2.24, 2.45) is 0 Å². The van der Waals surface area contributed by atoms with Crippen molar-refractivity contribution in [3.05, 3.63) is 83.9 Å². The first-order valence-electron chi connectivity index (χ1n) is 9.77. The SMILES string of the molecule is Oc1c(Cc2ccccc2)cccc1Pc1ccccc1N1CCCCC1. The number of para-hydroxylation sites is 2. The Kier molecular flexibility index (Phi) is 5.75. The minimum Gasteiger partial charge on any atom is -0.507 e. The highest BCUT2D eigenvalue weighted by molar-refractivity contribution is 7.56. The number of nitrogens with zero attached hydrogens (tertiary/aromatic N) is 1. The summed E-state index contributed by atoms with van der Waals surface area (Å²) in [6.07, 6.45) is 4.65. The number of benzene rings is 3. The summed E-state index contributed by atoms with van der Waals surface area (Å²) in [5.41, 5.74) is 3.56. The fourth-order valence-electron chi connectivity index (χ4n) is 3.79. The van der Waals surface area contributed by atoms with Crippen LogP contribution in [-0.4, -0.2) is 18.2 Å². The van der Waals surface area contributed by atoms with Crippen LogP contribution in [0.5, 0.6) is 5.75 Å². The van der Waals surface area contributed by atoms with Crippen molar-refractivity contribution in [2.75, 3.05) is 18.0 Å². The summed E-state index contributed by atoms with van der Waals surface area (Å²) in [6.45, 7) is 2.28. The van der Waals surface area contributed by atoms with Gasteiger partial charge in [0.05, 0.1) is 0 Å². The van der Waals surface area contributed by atoms with Crippen LogP contribution in [0.2, 0.25) is 0 Å². The average Bonchev–Trinajstić information content (AvgIpc) is 2.73. The molecule has 0 radical (unpaired) electrons. The Morgan fingerprint density at radius 1 is 0.741 bits per heavy atom. The van der Waals surface area contributed by atoms with E-state index in [0.29, 0.717) is 14.3 Å². The third-order valence-corrected chi connectivity index (χ3v) is 6.59. The maximum absolute atomic E-state index is 10.9. The number of aromatic hydroxyl groups is 1. The van der Waals surface area contributed by atoms with Crippen molar-refractivity contribution < 1.29 is 5.11 Å². The minimum absolute atomic E-state index is 0.452. The van der Waals surface area contributed by atoms with Gasteiger partial charge in [-0.3, -0.25) is 0 Å². The summed E-state index contributed by atoms with van der Waals surface area (Å²) in [7, 11) is 0.464. The number of anilines is 1.